The summed E-state index contributed by atoms with van der Waals surface area (Å²) in [6.45, 7) is 5.58. The molecule has 3 aromatic carbocycles. The van der Waals surface area contributed by atoms with E-state index in [9.17, 15) is 14.7 Å². The number of benzene rings is 3. The molecule has 2 heterocycles. The van der Waals surface area contributed by atoms with Gasteiger partial charge in [-0.05, 0) is 87.8 Å². The van der Waals surface area contributed by atoms with E-state index in [1.54, 1.807) is 30.3 Å². The van der Waals surface area contributed by atoms with Crippen LogP contribution in [0, 0.1) is 0 Å². The number of rotatable bonds is 9. The topological polar surface area (TPSA) is 66.8 Å². The smallest absolute Gasteiger partial charge is 0.195 e. The number of hydrogen-bond acceptors (Lipinski definition) is 6. The van der Waals surface area contributed by atoms with Crippen LogP contribution in [0.1, 0.15) is 58.9 Å². The first-order chi connectivity index (χ1) is 18.4. The van der Waals surface area contributed by atoms with Gasteiger partial charge in [0.05, 0.1) is 11.6 Å². The van der Waals surface area contributed by atoms with Crippen LogP contribution in [-0.2, 0) is 0 Å². The summed E-state index contributed by atoms with van der Waals surface area (Å²) in [6, 6.07) is 17.4. The fraction of sp³-hybridized carbons (Fsp3) is 0.290. The maximum Gasteiger partial charge on any atom is 0.195 e. The van der Waals surface area contributed by atoms with Crippen LogP contribution in [0.2, 0.25) is 5.02 Å². The van der Waals surface area contributed by atoms with Crippen LogP contribution in [0.25, 0.3) is 20.5 Å². The van der Waals surface area contributed by atoms with Gasteiger partial charge in [0, 0.05) is 43.8 Å². The molecule has 0 bridgehead atoms. The molecule has 1 fully saturated rings. The van der Waals surface area contributed by atoms with E-state index in [0.717, 1.165) is 28.8 Å². The molecule has 7 heteroatoms. The standard InChI is InChI=1S/C31H30ClNO4S/c1-20(34)22-8-12-26-28(18-22)38-31(25-13-9-23(35)19-27(25)32)29(26)30(36)21-6-10-24(11-7-21)37-17-5-16-33-14-3-2-4-15-33/h6-13,18-19,35H,2-5,14-17H2,1H3. The Labute approximate surface area is 231 Å². The first kappa shape index (κ1) is 26.4. The predicted molar refractivity (Wildman–Crippen MR) is 154 cm³/mol. The minimum absolute atomic E-state index is 0.0380. The Hall–Kier alpha value is -3.19. The zero-order chi connectivity index (χ0) is 26.6. The number of hydrogen-bond donors (Lipinski definition) is 1. The number of phenols is 1. The van der Waals surface area contributed by atoms with Gasteiger partial charge < -0.3 is 14.7 Å². The molecule has 5 rings (SSSR count). The molecule has 0 radical (unpaired) electrons. The van der Waals surface area contributed by atoms with Crippen LogP contribution in [-0.4, -0.2) is 47.8 Å². The van der Waals surface area contributed by atoms with E-state index in [0.29, 0.717) is 38.8 Å². The Morgan fingerprint density at radius 1 is 0.974 bits per heavy atom. The van der Waals surface area contributed by atoms with Crippen LogP contribution < -0.4 is 4.74 Å². The molecular weight excluding hydrogens is 518 g/mol. The number of halogens is 1. The van der Waals surface area contributed by atoms with Crippen LogP contribution >= 0.6 is 22.9 Å². The number of carbonyl (C=O) groups excluding carboxylic acids is 2. The third-order valence-electron chi connectivity index (χ3n) is 6.97. The molecule has 1 saturated heterocycles. The van der Waals surface area contributed by atoms with Crippen molar-refractivity contribution >= 4 is 44.6 Å². The van der Waals surface area contributed by atoms with Crippen LogP contribution in [0.15, 0.2) is 60.7 Å². The van der Waals surface area contributed by atoms with Gasteiger partial charge in [-0.1, -0.05) is 30.2 Å². The van der Waals surface area contributed by atoms with E-state index in [-0.39, 0.29) is 17.3 Å². The highest BCUT2D eigenvalue weighted by Gasteiger charge is 2.23. The maximum absolute atomic E-state index is 13.9. The van der Waals surface area contributed by atoms with Crippen LogP contribution in [0.4, 0.5) is 0 Å². The number of carbonyl (C=O) groups is 2. The molecule has 38 heavy (non-hydrogen) atoms. The second-order valence-corrected chi connectivity index (χ2v) is 11.2. The summed E-state index contributed by atoms with van der Waals surface area (Å²) in [7, 11) is 0. The predicted octanol–water partition coefficient (Wildman–Crippen LogP) is 7.62. The second-order valence-electron chi connectivity index (χ2n) is 9.70. The van der Waals surface area contributed by atoms with E-state index < -0.39 is 0 Å². The van der Waals surface area contributed by atoms with Crippen molar-refractivity contribution in [2.24, 2.45) is 0 Å². The number of piperidine rings is 1. The minimum Gasteiger partial charge on any atom is -0.508 e. The Morgan fingerprint density at radius 3 is 2.42 bits per heavy atom. The number of ether oxygens (including phenoxy) is 1. The molecule has 0 amide bonds. The molecule has 0 saturated carbocycles. The van der Waals surface area contributed by atoms with Crippen molar-refractivity contribution in [3.05, 3.63) is 82.4 Å². The molecule has 4 aromatic rings. The average molecular weight is 548 g/mol. The molecular formula is C31H30ClNO4S. The van der Waals surface area contributed by atoms with E-state index in [4.69, 9.17) is 16.3 Å². The minimum atomic E-state index is -0.136. The van der Waals surface area contributed by atoms with E-state index in [1.807, 2.05) is 24.3 Å². The molecule has 1 aliphatic heterocycles. The lowest BCUT2D eigenvalue weighted by molar-refractivity contribution is 0.101. The van der Waals surface area contributed by atoms with E-state index >= 15 is 0 Å². The monoisotopic (exact) mass is 547 g/mol. The van der Waals surface area contributed by atoms with Gasteiger partial charge >= 0.3 is 0 Å². The number of likely N-dealkylation sites (tertiary alicyclic amines) is 1. The van der Waals surface area contributed by atoms with Crippen molar-refractivity contribution < 1.29 is 19.4 Å². The lowest BCUT2D eigenvalue weighted by Crippen LogP contribution is -2.31. The second kappa shape index (κ2) is 11.7. The van der Waals surface area contributed by atoms with Gasteiger partial charge in [0.15, 0.2) is 11.6 Å². The van der Waals surface area contributed by atoms with Crippen molar-refractivity contribution in [3.8, 4) is 21.9 Å². The number of thiophene rings is 1. The maximum atomic E-state index is 13.9. The number of aromatic hydroxyl groups is 1. The number of nitrogens with zero attached hydrogens (tertiary/aromatic N) is 1. The summed E-state index contributed by atoms with van der Waals surface area (Å²) in [5, 5.41) is 11.0. The van der Waals surface area contributed by atoms with Crippen molar-refractivity contribution in [3.63, 3.8) is 0 Å². The summed E-state index contributed by atoms with van der Waals surface area (Å²) < 4.78 is 6.77. The number of Topliss-reactive ketones (excluding diaryl/α,β-unsaturated/α-hetero) is 1. The van der Waals surface area contributed by atoms with Crippen molar-refractivity contribution in [2.45, 2.75) is 32.6 Å². The SMILES string of the molecule is CC(=O)c1ccc2c(C(=O)c3ccc(OCCCN4CCCCC4)cc3)c(-c3ccc(O)cc3Cl)sc2c1. The van der Waals surface area contributed by atoms with Gasteiger partial charge in [-0.25, -0.2) is 0 Å². The Bertz CT molecular complexity index is 1470. The fourth-order valence-corrected chi connectivity index (χ4v) is 6.53. The largest absolute Gasteiger partial charge is 0.508 e. The van der Waals surface area contributed by atoms with Crippen LogP contribution in [0.3, 0.4) is 0 Å². The highest BCUT2D eigenvalue weighted by Crippen LogP contribution is 2.43. The summed E-state index contributed by atoms with van der Waals surface area (Å²) in [6.07, 6.45) is 4.88. The van der Waals surface area contributed by atoms with Crippen molar-refractivity contribution in [1.29, 1.82) is 0 Å². The van der Waals surface area contributed by atoms with E-state index in [1.165, 1.54) is 56.7 Å². The summed E-state index contributed by atoms with van der Waals surface area (Å²) in [5.74, 6) is 0.618. The first-order valence-corrected chi connectivity index (χ1v) is 14.2. The van der Waals surface area contributed by atoms with Crippen molar-refractivity contribution in [2.75, 3.05) is 26.2 Å². The number of phenolic OH excluding ortho intramolecular Hbond substituents is 1. The molecule has 5 nitrogen and oxygen atoms in total. The molecule has 0 aliphatic carbocycles. The fourth-order valence-electron chi connectivity index (χ4n) is 4.93. The molecule has 0 unspecified atom stereocenters. The normalized spacial score (nSPS) is 14.1. The third-order valence-corrected chi connectivity index (χ3v) is 8.47. The molecule has 196 valence electrons. The van der Waals surface area contributed by atoms with Gasteiger partial charge in [-0.15, -0.1) is 11.3 Å². The van der Waals surface area contributed by atoms with E-state index in [2.05, 4.69) is 4.90 Å². The quantitative estimate of drug-likeness (QED) is 0.172. The number of ketones is 2. The first-order valence-electron chi connectivity index (χ1n) is 13.0. The Balaban J connectivity index is 1.39. The average Bonchev–Trinajstić information content (AvgIpc) is 3.30. The van der Waals surface area contributed by atoms with Gasteiger partial charge in [-0.3, -0.25) is 9.59 Å². The third kappa shape index (κ3) is 5.78. The highest BCUT2D eigenvalue weighted by atomic mass is 35.5. The lowest BCUT2D eigenvalue weighted by atomic mass is 9.96. The summed E-state index contributed by atoms with van der Waals surface area (Å²) >= 11 is 7.90. The molecule has 0 spiro atoms. The lowest BCUT2D eigenvalue weighted by Gasteiger charge is -2.26. The summed E-state index contributed by atoms with van der Waals surface area (Å²) in [4.78, 5) is 29.0. The van der Waals surface area contributed by atoms with Crippen molar-refractivity contribution in [1.82, 2.24) is 4.90 Å². The van der Waals surface area contributed by atoms with Gasteiger partial charge in [0.1, 0.15) is 11.5 Å². The highest BCUT2D eigenvalue weighted by molar-refractivity contribution is 7.23. The molecule has 1 aliphatic rings. The Kier molecular flexibility index (Phi) is 8.12. The molecule has 1 aromatic heterocycles. The van der Waals surface area contributed by atoms with Crippen LogP contribution in [0.5, 0.6) is 11.5 Å². The molecule has 0 atom stereocenters. The number of fused-ring (bicyclic) bond motifs is 1. The zero-order valence-corrected chi connectivity index (χ0v) is 22.9. The van der Waals surface area contributed by atoms with Gasteiger partial charge in [-0.2, -0.15) is 0 Å². The zero-order valence-electron chi connectivity index (χ0n) is 21.3. The Morgan fingerprint density at radius 2 is 1.71 bits per heavy atom. The van der Waals surface area contributed by atoms with Gasteiger partial charge in [0.25, 0.3) is 0 Å². The van der Waals surface area contributed by atoms with Gasteiger partial charge in [0.2, 0.25) is 0 Å². The summed E-state index contributed by atoms with van der Waals surface area (Å²) in [5.41, 5.74) is 2.31. The molecule has 1 N–H and O–H groups in total.